The fraction of sp³-hybridized carbons (Fsp3) is 0.391. The molecule has 0 spiro atoms. The van der Waals surface area contributed by atoms with E-state index >= 15 is 0 Å². The molecule has 1 aliphatic heterocycles. The number of methoxy groups -OCH3 is 1. The fourth-order valence-corrected chi connectivity index (χ4v) is 7.02. The fourth-order valence-electron chi connectivity index (χ4n) is 3.96. The Bertz CT molecular complexity index is 1350. The van der Waals surface area contributed by atoms with E-state index in [0.717, 1.165) is 21.7 Å². The van der Waals surface area contributed by atoms with Gasteiger partial charge < -0.3 is 9.30 Å². The maximum absolute atomic E-state index is 13.2. The Morgan fingerprint density at radius 2 is 2.03 bits per heavy atom. The zero-order valence-electron chi connectivity index (χ0n) is 18.9. The third-order valence-electron chi connectivity index (χ3n) is 5.80. The predicted octanol–water partition coefficient (Wildman–Crippen LogP) is 4.26. The molecular weight excluding hydrogens is 514 g/mol. The SMILES string of the molecule is COc1ccc2sc(=NC(=O)C3CCCN(S(=O)(=O)c4ccc(Cl)cc4)C3)n(CCSC)c2c1. The molecule has 1 aromatic heterocycles. The van der Waals surface area contributed by atoms with E-state index in [1.807, 2.05) is 29.0 Å². The number of thiazole rings is 1. The molecule has 1 unspecified atom stereocenters. The zero-order chi connectivity index (χ0) is 24.3. The number of thioether (sulfide) groups is 1. The number of carbonyl (C=O) groups excluding carboxylic acids is 1. The summed E-state index contributed by atoms with van der Waals surface area (Å²) in [5, 5.41) is 0.472. The van der Waals surface area contributed by atoms with Gasteiger partial charge >= 0.3 is 0 Å². The van der Waals surface area contributed by atoms with Crippen molar-refractivity contribution in [2.75, 3.05) is 32.2 Å². The Kier molecular flexibility index (Phi) is 8.04. The second kappa shape index (κ2) is 10.8. The lowest BCUT2D eigenvalue weighted by Gasteiger charge is -2.30. The first kappa shape index (κ1) is 25.2. The van der Waals surface area contributed by atoms with Crippen molar-refractivity contribution < 1.29 is 17.9 Å². The van der Waals surface area contributed by atoms with Gasteiger partial charge in [0.25, 0.3) is 5.91 Å². The minimum atomic E-state index is -3.70. The van der Waals surface area contributed by atoms with Gasteiger partial charge in [0.05, 0.1) is 28.1 Å². The van der Waals surface area contributed by atoms with Crippen molar-refractivity contribution >= 4 is 60.8 Å². The first-order valence-corrected chi connectivity index (χ1v) is 14.9. The number of hydrogen-bond donors (Lipinski definition) is 0. The molecule has 7 nitrogen and oxygen atoms in total. The Hall–Kier alpha value is -1.85. The van der Waals surface area contributed by atoms with Crippen molar-refractivity contribution in [3.63, 3.8) is 0 Å². The van der Waals surface area contributed by atoms with Crippen LogP contribution in [0.1, 0.15) is 12.8 Å². The van der Waals surface area contributed by atoms with E-state index in [9.17, 15) is 13.2 Å². The highest BCUT2D eigenvalue weighted by Crippen LogP contribution is 2.26. The minimum Gasteiger partial charge on any atom is -0.497 e. The van der Waals surface area contributed by atoms with Crippen LogP contribution in [0.25, 0.3) is 10.2 Å². The summed E-state index contributed by atoms with van der Waals surface area (Å²) >= 11 is 9.08. The Labute approximate surface area is 212 Å². The quantitative estimate of drug-likeness (QED) is 0.448. The number of ether oxygens (including phenoxy) is 1. The van der Waals surface area contributed by atoms with Gasteiger partial charge in [0.15, 0.2) is 4.80 Å². The van der Waals surface area contributed by atoms with Gasteiger partial charge in [0, 0.05) is 36.5 Å². The molecular formula is C23H26ClN3O4S3. The summed E-state index contributed by atoms with van der Waals surface area (Å²) in [6.45, 7) is 1.21. The van der Waals surface area contributed by atoms with E-state index in [0.29, 0.717) is 35.8 Å². The van der Waals surface area contributed by atoms with E-state index in [1.165, 1.54) is 27.8 Å². The first-order valence-electron chi connectivity index (χ1n) is 10.8. The predicted molar refractivity (Wildman–Crippen MR) is 138 cm³/mol. The summed E-state index contributed by atoms with van der Waals surface area (Å²) in [4.78, 5) is 18.5. The second-order valence-corrected chi connectivity index (χ2v) is 12.3. The van der Waals surface area contributed by atoms with Crippen LogP contribution in [0.2, 0.25) is 5.02 Å². The number of hydrogen-bond acceptors (Lipinski definition) is 6. The molecule has 1 aliphatic rings. The Balaban J connectivity index is 1.62. The number of piperidine rings is 1. The molecule has 3 aromatic rings. The molecule has 1 atom stereocenters. The van der Waals surface area contributed by atoms with Crippen LogP contribution in [0.15, 0.2) is 52.4 Å². The van der Waals surface area contributed by atoms with Crippen molar-refractivity contribution in [1.82, 2.24) is 8.87 Å². The highest BCUT2D eigenvalue weighted by molar-refractivity contribution is 7.98. The van der Waals surface area contributed by atoms with E-state index in [4.69, 9.17) is 16.3 Å². The lowest BCUT2D eigenvalue weighted by Crippen LogP contribution is -2.42. The second-order valence-electron chi connectivity index (χ2n) is 7.97. The molecule has 0 radical (unpaired) electrons. The minimum absolute atomic E-state index is 0.122. The molecule has 0 bridgehead atoms. The number of aromatic nitrogens is 1. The molecule has 0 saturated carbocycles. The van der Waals surface area contributed by atoms with Crippen LogP contribution in [0, 0.1) is 5.92 Å². The Morgan fingerprint density at radius 3 is 2.74 bits per heavy atom. The van der Waals surface area contributed by atoms with Crippen LogP contribution in [-0.2, 0) is 21.4 Å². The topological polar surface area (TPSA) is 81.0 Å². The summed E-state index contributed by atoms with van der Waals surface area (Å²) in [5.41, 5.74) is 0.973. The van der Waals surface area contributed by atoms with E-state index in [1.54, 1.807) is 31.0 Å². The average molecular weight is 540 g/mol. The molecule has 0 aliphatic carbocycles. The number of aryl methyl sites for hydroxylation is 1. The molecule has 1 fully saturated rings. The number of rotatable bonds is 7. The number of amides is 1. The summed E-state index contributed by atoms with van der Waals surface area (Å²) in [6, 6.07) is 11.9. The van der Waals surface area contributed by atoms with E-state index in [2.05, 4.69) is 4.99 Å². The van der Waals surface area contributed by atoms with Gasteiger partial charge in [-0.1, -0.05) is 22.9 Å². The Morgan fingerprint density at radius 1 is 1.26 bits per heavy atom. The number of carbonyl (C=O) groups is 1. The maximum Gasteiger partial charge on any atom is 0.252 e. The van der Waals surface area contributed by atoms with Crippen molar-refractivity contribution in [2.45, 2.75) is 24.3 Å². The summed E-state index contributed by atoms with van der Waals surface area (Å²) in [6.07, 6.45) is 3.25. The molecule has 0 N–H and O–H groups in total. The molecule has 11 heteroatoms. The van der Waals surface area contributed by atoms with Gasteiger partial charge in [0.1, 0.15) is 5.75 Å². The van der Waals surface area contributed by atoms with Crippen LogP contribution >= 0.6 is 34.7 Å². The molecule has 1 saturated heterocycles. The molecule has 1 amide bonds. The van der Waals surface area contributed by atoms with Crippen molar-refractivity contribution in [1.29, 1.82) is 0 Å². The largest absolute Gasteiger partial charge is 0.497 e. The van der Waals surface area contributed by atoms with Crippen LogP contribution < -0.4 is 9.54 Å². The molecule has 34 heavy (non-hydrogen) atoms. The van der Waals surface area contributed by atoms with E-state index < -0.39 is 15.9 Å². The third kappa shape index (κ3) is 5.36. The molecule has 2 aromatic carbocycles. The number of nitrogens with zero attached hydrogens (tertiary/aromatic N) is 3. The smallest absolute Gasteiger partial charge is 0.252 e. The molecule has 2 heterocycles. The third-order valence-corrected chi connectivity index (χ3v) is 9.58. The van der Waals surface area contributed by atoms with Gasteiger partial charge in [-0.05, 0) is 55.5 Å². The molecule has 182 valence electrons. The zero-order valence-corrected chi connectivity index (χ0v) is 22.1. The highest BCUT2D eigenvalue weighted by atomic mass is 35.5. The first-order chi connectivity index (χ1) is 16.3. The summed E-state index contributed by atoms with van der Waals surface area (Å²) in [7, 11) is -2.08. The van der Waals surface area contributed by atoms with Gasteiger partial charge in [-0.15, -0.1) is 0 Å². The average Bonchev–Trinajstić information content (AvgIpc) is 3.18. The van der Waals surface area contributed by atoms with Gasteiger partial charge in [-0.3, -0.25) is 4.79 Å². The lowest BCUT2D eigenvalue weighted by atomic mass is 9.99. The standard InChI is InChI=1S/C23H26ClN3O4S3/c1-31-18-7-10-21-20(14-18)27(12-13-32-2)23(33-21)25-22(28)16-4-3-11-26(15-16)34(29,30)19-8-5-17(24)6-9-19/h5-10,14,16H,3-4,11-13,15H2,1-2H3. The maximum atomic E-state index is 13.2. The lowest BCUT2D eigenvalue weighted by molar-refractivity contribution is -0.122. The molecule has 4 rings (SSSR count). The van der Waals surface area contributed by atoms with E-state index in [-0.39, 0.29) is 17.3 Å². The van der Waals surface area contributed by atoms with Crippen LogP contribution in [0.5, 0.6) is 5.75 Å². The van der Waals surface area contributed by atoms with Crippen LogP contribution in [0.3, 0.4) is 0 Å². The van der Waals surface area contributed by atoms with Gasteiger partial charge in [-0.2, -0.15) is 21.1 Å². The normalized spacial score (nSPS) is 17.9. The number of fused-ring (bicyclic) bond motifs is 1. The van der Waals surface area contributed by atoms with Crippen molar-refractivity contribution in [2.24, 2.45) is 10.9 Å². The van der Waals surface area contributed by atoms with Gasteiger partial charge in [-0.25, -0.2) is 8.42 Å². The number of sulfonamides is 1. The highest BCUT2D eigenvalue weighted by Gasteiger charge is 2.33. The summed E-state index contributed by atoms with van der Waals surface area (Å²) < 4.78 is 36.0. The van der Waals surface area contributed by atoms with Crippen molar-refractivity contribution in [3.8, 4) is 5.75 Å². The van der Waals surface area contributed by atoms with Gasteiger partial charge in [0.2, 0.25) is 10.0 Å². The number of halogens is 1. The van der Waals surface area contributed by atoms with Crippen LogP contribution in [0.4, 0.5) is 0 Å². The van der Waals surface area contributed by atoms with Crippen LogP contribution in [-0.4, -0.2) is 55.4 Å². The summed E-state index contributed by atoms with van der Waals surface area (Å²) in [5.74, 6) is 0.856. The monoisotopic (exact) mass is 539 g/mol. The van der Waals surface area contributed by atoms with Crippen molar-refractivity contribution in [3.05, 3.63) is 52.3 Å². The number of benzene rings is 2.